The maximum Gasteiger partial charge on any atom is 0.268 e. The van der Waals surface area contributed by atoms with Crippen LogP contribution < -0.4 is 14.4 Å². The van der Waals surface area contributed by atoms with Crippen LogP contribution >= 0.6 is 11.6 Å². The first-order valence-corrected chi connectivity index (χ1v) is 11.2. The number of hydrogen-bond acceptors (Lipinski definition) is 5. The molecule has 0 aliphatic rings. The molecule has 2 aromatic carbocycles. The average Bonchev–Trinajstić information content (AvgIpc) is 3.06. The Kier molecular flexibility index (Phi) is 6.56. The van der Waals surface area contributed by atoms with E-state index in [1.54, 1.807) is 50.2 Å². The zero-order valence-corrected chi connectivity index (χ0v) is 19.1. The SMILES string of the molecule is COc1ccc(NC(=O)CN(c2ccc(C)cc2)S(=O)(=O)c2c(C)n[nH]c2C)cc1Cl. The Morgan fingerprint density at radius 2 is 1.84 bits per heavy atom. The van der Waals surface area contributed by atoms with E-state index in [4.69, 9.17) is 16.3 Å². The molecule has 0 unspecified atom stereocenters. The van der Waals surface area contributed by atoms with Crippen molar-refractivity contribution in [3.05, 3.63) is 64.4 Å². The van der Waals surface area contributed by atoms with E-state index < -0.39 is 22.5 Å². The molecule has 164 valence electrons. The van der Waals surface area contributed by atoms with Crippen LogP contribution in [0.25, 0.3) is 0 Å². The Morgan fingerprint density at radius 1 is 1.16 bits per heavy atom. The van der Waals surface area contributed by atoms with Gasteiger partial charge < -0.3 is 10.1 Å². The number of methoxy groups -OCH3 is 1. The molecule has 3 rings (SSSR count). The van der Waals surface area contributed by atoms with Crippen molar-refractivity contribution in [3.63, 3.8) is 0 Å². The smallest absolute Gasteiger partial charge is 0.268 e. The van der Waals surface area contributed by atoms with Crippen LogP contribution in [-0.4, -0.2) is 38.2 Å². The van der Waals surface area contributed by atoms with Crippen LogP contribution in [0.1, 0.15) is 17.0 Å². The number of nitrogens with zero attached hydrogens (tertiary/aromatic N) is 2. The van der Waals surface area contributed by atoms with Crippen LogP contribution in [0.2, 0.25) is 5.02 Å². The first-order chi connectivity index (χ1) is 14.6. The van der Waals surface area contributed by atoms with Gasteiger partial charge in [0.15, 0.2) is 0 Å². The van der Waals surface area contributed by atoms with Gasteiger partial charge in [-0.05, 0) is 51.1 Å². The third-order valence-corrected chi connectivity index (χ3v) is 6.99. The van der Waals surface area contributed by atoms with Crippen molar-refractivity contribution in [3.8, 4) is 5.75 Å². The van der Waals surface area contributed by atoms with Gasteiger partial charge in [0.2, 0.25) is 5.91 Å². The summed E-state index contributed by atoms with van der Waals surface area (Å²) in [6.07, 6.45) is 0. The number of amides is 1. The van der Waals surface area contributed by atoms with Gasteiger partial charge in [0, 0.05) is 5.69 Å². The fraction of sp³-hybridized carbons (Fsp3) is 0.238. The van der Waals surface area contributed by atoms with Crippen molar-refractivity contribution in [1.29, 1.82) is 0 Å². The lowest BCUT2D eigenvalue weighted by Gasteiger charge is -2.24. The number of aromatic amines is 1. The summed E-state index contributed by atoms with van der Waals surface area (Å²) in [5.74, 6) is -0.0568. The standard InChI is InChI=1S/C21H23ClN4O4S/c1-13-5-8-17(9-6-13)26(31(28,29)21-14(2)24-25-15(21)3)12-20(27)23-16-7-10-19(30-4)18(22)11-16/h5-11H,12H2,1-4H3,(H,23,27)(H,24,25). The minimum absolute atomic E-state index is 0.0494. The van der Waals surface area contributed by atoms with E-state index >= 15 is 0 Å². The fourth-order valence-corrected chi connectivity index (χ4v) is 5.15. The second kappa shape index (κ2) is 8.99. The van der Waals surface area contributed by atoms with E-state index in [1.165, 1.54) is 13.2 Å². The van der Waals surface area contributed by atoms with Crippen molar-refractivity contribution in [2.24, 2.45) is 0 Å². The van der Waals surface area contributed by atoms with Crippen molar-refractivity contribution in [2.75, 3.05) is 23.3 Å². The molecule has 10 heteroatoms. The molecule has 0 aliphatic carbocycles. The zero-order valence-electron chi connectivity index (χ0n) is 17.6. The van der Waals surface area contributed by atoms with Crippen LogP contribution in [0.5, 0.6) is 5.75 Å². The first-order valence-electron chi connectivity index (χ1n) is 9.38. The Morgan fingerprint density at radius 3 is 2.39 bits per heavy atom. The van der Waals surface area contributed by atoms with Crippen molar-refractivity contribution in [1.82, 2.24) is 10.2 Å². The number of benzene rings is 2. The highest BCUT2D eigenvalue weighted by molar-refractivity contribution is 7.93. The summed E-state index contributed by atoms with van der Waals surface area (Å²) in [7, 11) is -2.57. The average molecular weight is 463 g/mol. The van der Waals surface area contributed by atoms with Crippen molar-refractivity contribution in [2.45, 2.75) is 25.7 Å². The summed E-state index contributed by atoms with van der Waals surface area (Å²) in [5.41, 5.74) is 2.49. The Hall–Kier alpha value is -3.04. The Balaban J connectivity index is 1.94. The quantitative estimate of drug-likeness (QED) is 0.555. The minimum Gasteiger partial charge on any atom is -0.495 e. The van der Waals surface area contributed by atoms with E-state index in [0.717, 1.165) is 9.87 Å². The number of aryl methyl sites for hydroxylation is 3. The van der Waals surface area contributed by atoms with Gasteiger partial charge in [-0.25, -0.2) is 8.42 Å². The predicted molar refractivity (Wildman–Crippen MR) is 120 cm³/mol. The summed E-state index contributed by atoms with van der Waals surface area (Å²) < 4.78 is 33.2. The number of carbonyl (C=O) groups excluding carboxylic acids is 1. The maximum atomic E-state index is 13.5. The molecular weight excluding hydrogens is 440 g/mol. The fourth-order valence-electron chi connectivity index (χ4n) is 3.13. The third-order valence-electron chi connectivity index (χ3n) is 4.65. The summed E-state index contributed by atoms with van der Waals surface area (Å²) in [6, 6.07) is 11.7. The van der Waals surface area contributed by atoms with E-state index in [2.05, 4.69) is 15.5 Å². The number of anilines is 2. The molecule has 1 heterocycles. The maximum absolute atomic E-state index is 13.5. The van der Waals surface area contributed by atoms with Crippen LogP contribution in [-0.2, 0) is 14.8 Å². The summed E-state index contributed by atoms with van der Waals surface area (Å²) in [4.78, 5) is 12.8. The minimum atomic E-state index is -4.06. The van der Waals surface area contributed by atoms with Gasteiger partial charge in [0.25, 0.3) is 10.0 Å². The van der Waals surface area contributed by atoms with Crippen molar-refractivity contribution >= 4 is 38.9 Å². The van der Waals surface area contributed by atoms with Gasteiger partial charge in [-0.3, -0.25) is 14.2 Å². The second-order valence-corrected chi connectivity index (χ2v) is 9.21. The molecule has 0 aliphatic heterocycles. The highest BCUT2D eigenvalue weighted by atomic mass is 35.5. The Bertz CT molecular complexity index is 1190. The second-order valence-electron chi connectivity index (χ2n) is 7.01. The number of rotatable bonds is 7. The van der Waals surface area contributed by atoms with Gasteiger partial charge in [-0.15, -0.1) is 0 Å². The molecule has 0 atom stereocenters. The molecule has 31 heavy (non-hydrogen) atoms. The molecule has 2 N–H and O–H groups in total. The largest absolute Gasteiger partial charge is 0.495 e. The first kappa shape index (κ1) is 22.6. The number of carbonyl (C=O) groups is 1. The normalized spacial score (nSPS) is 11.3. The monoisotopic (exact) mass is 462 g/mol. The molecule has 1 aromatic heterocycles. The molecule has 1 amide bonds. The van der Waals surface area contributed by atoms with E-state index in [0.29, 0.717) is 33.5 Å². The number of H-pyrrole nitrogens is 1. The lowest BCUT2D eigenvalue weighted by atomic mass is 10.2. The predicted octanol–water partition coefficient (Wildman–Crippen LogP) is 3.83. The van der Waals surface area contributed by atoms with Crippen LogP contribution in [0.4, 0.5) is 11.4 Å². The lowest BCUT2D eigenvalue weighted by Crippen LogP contribution is -2.38. The lowest BCUT2D eigenvalue weighted by molar-refractivity contribution is -0.114. The Labute approximate surface area is 186 Å². The molecule has 0 saturated carbocycles. The number of aromatic nitrogens is 2. The summed E-state index contributed by atoms with van der Waals surface area (Å²) in [5, 5.41) is 9.68. The molecule has 3 aromatic rings. The van der Waals surface area contributed by atoms with E-state index in [-0.39, 0.29) is 4.90 Å². The molecule has 8 nitrogen and oxygen atoms in total. The number of ether oxygens (including phenoxy) is 1. The van der Waals surface area contributed by atoms with Gasteiger partial charge >= 0.3 is 0 Å². The third kappa shape index (κ3) is 4.83. The topological polar surface area (TPSA) is 104 Å². The van der Waals surface area contributed by atoms with E-state index in [9.17, 15) is 13.2 Å². The van der Waals surface area contributed by atoms with Gasteiger partial charge in [0.1, 0.15) is 17.2 Å². The molecule has 0 radical (unpaired) electrons. The number of hydrogen-bond donors (Lipinski definition) is 2. The molecule has 0 spiro atoms. The highest BCUT2D eigenvalue weighted by Crippen LogP contribution is 2.29. The number of halogens is 1. The molecule has 0 fully saturated rings. The van der Waals surface area contributed by atoms with Crippen LogP contribution in [0.3, 0.4) is 0 Å². The van der Waals surface area contributed by atoms with E-state index in [1.807, 2.05) is 6.92 Å². The number of sulfonamides is 1. The zero-order chi connectivity index (χ0) is 22.8. The summed E-state index contributed by atoms with van der Waals surface area (Å²) in [6.45, 7) is 4.69. The number of nitrogens with one attached hydrogen (secondary N) is 2. The van der Waals surface area contributed by atoms with Crippen LogP contribution in [0.15, 0.2) is 47.4 Å². The van der Waals surface area contributed by atoms with Crippen molar-refractivity contribution < 1.29 is 17.9 Å². The summed E-state index contributed by atoms with van der Waals surface area (Å²) >= 11 is 6.11. The molecule has 0 bridgehead atoms. The molecular formula is C21H23ClN4O4S. The van der Waals surface area contributed by atoms with Gasteiger partial charge in [0.05, 0.1) is 29.2 Å². The highest BCUT2D eigenvalue weighted by Gasteiger charge is 2.31. The van der Waals surface area contributed by atoms with Gasteiger partial charge in [-0.1, -0.05) is 29.3 Å². The van der Waals surface area contributed by atoms with Crippen LogP contribution in [0, 0.1) is 20.8 Å². The molecule has 0 saturated heterocycles. The van der Waals surface area contributed by atoms with Gasteiger partial charge in [-0.2, -0.15) is 5.10 Å².